The molecule has 0 spiro atoms. The van der Waals surface area contributed by atoms with Crippen LogP contribution in [0.4, 0.5) is 0 Å². The second-order valence-electron chi connectivity index (χ2n) is 8.60. The third kappa shape index (κ3) is 4.56. The number of rotatable bonds is 4. The largest absolute Gasteiger partial charge is 0.457 e. The van der Waals surface area contributed by atoms with E-state index in [-0.39, 0.29) is 5.41 Å². The molecule has 28 heavy (non-hydrogen) atoms. The van der Waals surface area contributed by atoms with E-state index in [1.165, 1.54) is 22.3 Å². The Morgan fingerprint density at radius 1 is 0.536 bits per heavy atom. The first-order valence-electron chi connectivity index (χ1n) is 9.78. The molecule has 0 fully saturated rings. The molecule has 0 N–H and O–H groups in total. The fraction of sp³-hybridized carbons (Fsp3) is 0.308. The maximum absolute atomic E-state index is 6.26. The molecule has 0 aromatic heterocycles. The normalized spacial score (nSPS) is 11.4. The summed E-state index contributed by atoms with van der Waals surface area (Å²) in [6.07, 6.45) is 0. The van der Waals surface area contributed by atoms with Crippen molar-refractivity contribution in [3.05, 3.63) is 82.4 Å². The number of ether oxygens (including phenoxy) is 2. The highest BCUT2D eigenvalue weighted by atomic mass is 16.5. The van der Waals surface area contributed by atoms with E-state index >= 15 is 0 Å². The van der Waals surface area contributed by atoms with Crippen molar-refractivity contribution in [2.45, 2.75) is 53.9 Å². The number of benzene rings is 3. The number of aryl methyl sites for hydroxylation is 4. The summed E-state index contributed by atoms with van der Waals surface area (Å²) in [5.41, 5.74) is 6.03. The van der Waals surface area contributed by atoms with Gasteiger partial charge in [0.1, 0.15) is 23.0 Å². The molecule has 0 aliphatic heterocycles. The summed E-state index contributed by atoms with van der Waals surface area (Å²) in [5.74, 6) is 3.39. The molecule has 0 bridgehead atoms. The highest BCUT2D eigenvalue weighted by molar-refractivity contribution is 5.48. The van der Waals surface area contributed by atoms with Gasteiger partial charge in [0.25, 0.3) is 0 Å². The lowest BCUT2D eigenvalue weighted by atomic mass is 9.86. The molecule has 3 aromatic carbocycles. The van der Waals surface area contributed by atoms with E-state index in [4.69, 9.17) is 9.47 Å². The Balaban J connectivity index is 1.93. The average Bonchev–Trinajstić information content (AvgIpc) is 2.62. The molecule has 0 aliphatic carbocycles. The van der Waals surface area contributed by atoms with E-state index in [0.29, 0.717) is 0 Å². The van der Waals surface area contributed by atoms with Gasteiger partial charge in [0.2, 0.25) is 0 Å². The maximum atomic E-state index is 6.26. The monoisotopic (exact) mass is 374 g/mol. The molecule has 3 rings (SSSR count). The van der Waals surface area contributed by atoms with E-state index in [1.54, 1.807) is 0 Å². The van der Waals surface area contributed by atoms with Gasteiger partial charge in [-0.05, 0) is 97.8 Å². The molecule has 0 amide bonds. The van der Waals surface area contributed by atoms with Gasteiger partial charge < -0.3 is 9.47 Å². The van der Waals surface area contributed by atoms with Gasteiger partial charge in [0.15, 0.2) is 0 Å². The van der Waals surface area contributed by atoms with Crippen LogP contribution in [0, 0.1) is 27.7 Å². The Labute approximate surface area is 169 Å². The van der Waals surface area contributed by atoms with Crippen molar-refractivity contribution < 1.29 is 9.47 Å². The predicted molar refractivity (Wildman–Crippen MR) is 117 cm³/mol. The fourth-order valence-electron chi connectivity index (χ4n) is 3.07. The lowest BCUT2D eigenvalue weighted by Gasteiger charge is -2.24. The van der Waals surface area contributed by atoms with Crippen molar-refractivity contribution in [2.75, 3.05) is 0 Å². The van der Waals surface area contributed by atoms with Crippen molar-refractivity contribution in [2.24, 2.45) is 0 Å². The van der Waals surface area contributed by atoms with E-state index in [0.717, 1.165) is 28.6 Å². The lowest BCUT2D eigenvalue weighted by molar-refractivity contribution is 0.444. The third-order valence-electron chi connectivity index (χ3n) is 5.18. The topological polar surface area (TPSA) is 18.5 Å². The quantitative estimate of drug-likeness (QED) is 0.464. The van der Waals surface area contributed by atoms with E-state index in [9.17, 15) is 0 Å². The van der Waals surface area contributed by atoms with E-state index < -0.39 is 0 Å². The standard InChI is InChI=1S/C26H30O2/c1-17-8-10-21(14-19(17)3)27-23-12-13-25(24(16-23)26(5,6)7)28-22-11-9-18(2)20(4)15-22/h8-16H,1-7H3. The minimum atomic E-state index is -0.0718. The van der Waals surface area contributed by atoms with Gasteiger partial charge in [-0.15, -0.1) is 0 Å². The zero-order valence-electron chi connectivity index (χ0n) is 18.0. The average molecular weight is 375 g/mol. The molecule has 0 saturated carbocycles. The van der Waals surface area contributed by atoms with Crippen LogP contribution in [0.15, 0.2) is 54.6 Å². The highest BCUT2D eigenvalue weighted by Gasteiger charge is 2.21. The Morgan fingerprint density at radius 3 is 1.50 bits per heavy atom. The van der Waals surface area contributed by atoms with E-state index in [1.807, 2.05) is 24.3 Å². The van der Waals surface area contributed by atoms with Crippen LogP contribution in [0.2, 0.25) is 0 Å². The van der Waals surface area contributed by atoms with Crippen molar-refractivity contribution in [1.29, 1.82) is 0 Å². The first kappa shape index (κ1) is 20.0. The minimum absolute atomic E-state index is 0.0718. The molecule has 0 unspecified atom stereocenters. The van der Waals surface area contributed by atoms with Gasteiger partial charge in [-0.1, -0.05) is 32.9 Å². The van der Waals surface area contributed by atoms with Gasteiger partial charge in [-0.3, -0.25) is 0 Å². The minimum Gasteiger partial charge on any atom is -0.457 e. The molecule has 2 nitrogen and oxygen atoms in total. The van der Waals surface area contributed by atoms with Crippen LogP contribution in [0.1, 0.15) is 48.6 Å². The Bertz CT molecular complexity index is 994. The highest BCUT2D eigenvalue weighted by Crippen LogP contribution is 2.38. The first-order valence-corrected chi connectivity index (χ1v) is 9.78. The van der Waals surface area contributed by atoms with Crippen LogP contribution in [0.25, 0.3) is 0 Å². The van der Waals surface area contributed by atoms with Gasteiger partial charge in [-0.2, -0.15) is 0 Å². The third-order valence-corrected chi connectivity index (χ3v) is 5.18. The SMILES string of the molecule is Cc1ccc(Oc2ccc(Oc3ccc(C)c(C)c3)c(C(C)(C)C)c2)cc1C. The molecule has 146 valence electrons. The van der Waals surface area contributed by atoms with E-state index in [2.05, 4.69) is 78.8 Å². The van der Waals surface area contributed by atoms with Gasteiger partial charge in [0, 0.05) is 5.56 Å². The molecule has 0 atom stereocenters. The second-order valence-corrected chi connectivity index (χ2v) is 8.60. The molecule has 0 radical (unpaired) electrons. The first-order chi connectivity index (χ1) is 13.1. The molecule has 3 aromatic rings. The maximum Gasteiger partial charge on any atom is 0.131 e. The van der Waals surface area contributed by atoms with Crippen molar-refractivity contribution in [3.8, 4) is 23.0 Å². The van der Waals surface area contributed by atoms with Crippen LogP contribution >= 0.6 is 0 Å². The summed E-state index contributed by atoms with van der Waals surface area (Å²) in [5, 5.41) is 0. The number of hydrogen-bond acceptors (Lipinski definition) is 2. The van der Waals surface area contributed by atoms with Gasteiger partial charge in [-0.25, -0.2) is 0 Å². The zero-order chi connectivity index (χ0) is 20.5. The lowest BCUT2D eigenvalue weighted by Crippen LogP contribution is -2.12. The molecular weight excluding hydrogens is 344 g/mol. The summed E-state index contributed by atoms with van der Waals surface area (Å²) < 4.78 is 12.4. The van der Waals surface area contributed by atoms with Gasteiger partial charge in [0.05, 0.1) is 0 Å². The Kier molecular flexibility index (Phi) is 5.51. The summed E-state index contributed by atoms with van der Waals surface area (Å²) in [7, 11) is 0. The molecule has 0 heterocycles. The Hall–Kier alpha value is -2.74. The molecule has 0 aliphatic rings. The van der Waals surface area contributed by atoms with Crippen molar-refractivity contribution in [3.63, 3.8) is 0 Å². The fourth-order valence-corrected chi connectivity index (χ4v) is 3.07. The smallest absolute Gasteiger partial charge is 0.131 e. The van der Waals surface area contributed by atoms with Crippen LogP contribution in [0.5, 0.6) is 23.0 Å². The van der Waals surface area contributed by atoms with Crippen LogP contribution in [0.3, 0.4) is 0 Å². The van der Waals surface area contributed by atoms with Crippen LogP contribution < -0.4 is 9.47 Å². The van der Waals surface area contributed by atoms with Crippen molar-refractivity contribution in [1.82, 2.24) is 0 Å². The molecule has 0 saturated heterocycles. The molecule has 2 heteroatoms. The Morgan fingerprint density at radius 2 is 1.00 bits per heavy atom. The number of hydrogen-bond donors (Lipinski definition) is 0. The zero-order valence-corrected chi connectivity index (χ0v) is 18.0. The van der Waals surface area contributed by atoms with Crippen LogP contribution in [-0.2, 0) is 5.41 Å². The summed E-state index contributed by atoms with van der Waals surface area (Å²) in [4.78, 5) is 0. The van der Waals surface area contributed by atoms with Gasteiger partial charge >= 0.3 is 0 Å². The predicted octanol–water partition coefficient (Wildman–Crippen LogP) is 7.80. The van der Waals surface area contributed by atoms with Crippen molar-refractivity contribution >= 4 is 0 Å². The summed E-state index contributed by atoms with van der Waals surface area (Å²) >= 11 is 0. The second kappa shape index (κ2) is 7.71. The summed E-state index contributed by atoms with van der Waals surface area (Å²) in [6, 6.07) is 18.4. The molecular formula is C26H30O2. The van der Waals surface area contributed by atoms with Crippen LogP contribution in [-0.4, -0.2) is 0 Å². The summed E-state index contributed by atoms with van der Waals surface area (Å²) in [6.45, 7) is 15.0.